The van der Waals surface area contributed by atoms with Crippen LogP contribution >= 0.6 is 0 Å². The Hall–Kier alpha value is -1.52. The molecular weight excluding hydrogens is 209 g/mol. The fourth-order valence-corrected chi connectivity index (χ4v) is 0.925. The Morgan fingerprint density at radius 1 is 1.27 bits per heavy atom. The van der Waals surface area contributed by atoms with E-state index < -0.39 is 11.7 Å². The van der Waals surface area contributed by atoms with Crippen molar-refractivity contribution >= 4 is 5.78 Å². The lowest BCUT2D eigenvalue weighted by Gasteiger charge is -2.07. The third kappa shape index (κ3) is 3.61. The van der Waals surface area contributed by atoms with E-state index in [1.54, 1.807) is 0 Å². The topological polar surface area (TPSA) is 26.3 Å². The second kappa shape index (κ2) is 4.33. The van der Waals surface area contributed by atoms with Gasteiger partial charge in [0.15, 0.2) is 5.78 Å². The molecule has 0 saturated heterocycles. The molecule has 0 saturated carbocycles. The van der Waals surface area contributed by atoms with Crippen molar-refractivity contribution in [1.29, 1.82) is 0 Å². The summed E-state index contributed by atoms with van der Waals surface area (Å²) in [6.07, 6.45) is -4.35. The number of ketones is 1. The molecule has 2 nitrogen and oxygen atoms in total. The Bertz CT molecular complexity index is 341. The molecular formula is C10H9F3O2. The van der Waals surface area contributed by atoms with Crippen molar-refractivity contribution < 1.29 is 22.7 Å². The van der Waals surface area contributed by atoms with Crippen LogP contribution in [0.4, 0.5) is 13.2 Å². The standard InChI is InChI=1S/C10H9F3O2/c1-7(14)6-15-9-4-2-8(3-5-9)10(11,12)13/h2-5H,6H2,1H3. The Kier molecular flexibility index (Phi) is 3.34. The first-order valence-corrected chi connectivity index (χ1v) is 4.19. The molecule has 1 aromatic rings. The minimum absolute atomic E-state index is 0.134. The summed E-state index contributed by atoms with van der Waals surface area (Å²) in [4.78, 5) is 10.5. The zero-order chi connectivity index (χ0) is 11.5. The van der Waals surface area contributed by atoms with Crippen LogP contribution in [0.15, 0.2) is 24.3 Å². The number of hydrogen-bond acceptors (Lipinski definition) is 2. The Balaban J connectivity index is 2.69. The summed E-state index contributed by atoms with van der Waals surface area (Å²) in [5, 5.41) is 0. The molecule has 0 aliphatic heterocycles. The molecule has 0 heterocycles. The van der Waals surface area contributed by atoms with Gasteiger partial charge in [-0.05, 0) is 31.2 Å². The average Bonchev–Trinajstić information content (AvgIpc) is 2.14. The van der Waals surface area contributed by atoms with Gasteiger partial charge >= 0.3 is 6.18 Å². The highest BCUT2D eigenvalue weighted by Crippen LogP contribution is 2.30. The van der Waals surface area contributed by atoms with Crippen molar-refractivity contribution in [1.82, 2.24) is 0 Å². The van der Waals surface area contributed by atoms with Crippen LogP contribution in [0.25, 0.3) is 0 Å². The summed E-state index contributed by atoms with van der Waals surface area (Å²) >= 11 is 0. The van der Waals surface area contributed by atoms with Gasteiger partial charge in [0.25, 0.3) is 0 Å². The van der Waals surface area contributed by atoms with E-state index in [-0.39, 0.29) is 18.1 Å². The summed E-state index contributed by atoms with van der Waals surface area (Å²) in [6, 6.07) is 4.20. The molecule has 1 aromatic carbocycles. The number of benzene rings is 1. The Labute approximate surface area is 84.7 Å². The van der Waals surface area contributed by atoms with Crippen LogP contribution in [-0.2, 0) is 11.0 Å². The maximum atomic E-state index is 12.1. The molecule has 0 N–H and O–H groups in total. The summed E-state index contributed by atoms with van der Waals surface area (Å²) in [5.74, 6) is 0.0631. The van der Waals surface area contributed by atoms with Gasteiger partial charge in [0, 0.05) is 0 Å². The number of carbonyl (C=O) groups is 1. The van der Waals surface area contributed by atoms with E-state index in [2.05, 4.69) is 0 Å². The summed E-state index contributed by atoms with van der Waals surface area (Å²) < 4.78 is 41.3. The number of halogens is 3. The fraction of sp³-hybridized carbons (Fsp3) is 0.300. The van der Waals surface area contributed by atoms with E-state index >= 15 is 0 Å². The predicted molar refractivity (Wildman–Crippen MR) is 47.6 cm³/mol. The average molecular weight is 218 g/mol. The molecule has 0 atom stereocenters. The maximum absolute atomic E-state index is 12.1. The van der Waals surface area contributed by atoms with Crippen LogP contribution in [0.1, 0.15) is 12.5 Å². The number of hydrogen-bond donors (Lipinski definition) is 0. The lowest BCUT2D eigenvalue weighted by molar-refractivity contribution is -0.137. The lowest BCUT2D eigenvalue weighted by Crippen LogP contribution is -2.07. The van der Waals surface area contributed by atoms with Crippen LogP contribution < -0.4 is 4.74 Å². The number of ether oxygens (including phenoxy) is 1. The Morgan fingerprint density at radius 3 is 2.20 bits per heavy atom. The number of Topliss-reactive ketones (excluding diaryl/α,β-unsaturated/α-hetero) is 1. The van der Waals surface area contributed by atoms with Gasteiger partial charge in [-0.3, -0.25) is 4.79 Å². The summed E-state index contributed by atoms with van der Waals surface area (Å²) in [5.41, 5.74) is -0.738. The van der Waals surface area contributed by atoms with E-state index in [0.717, 1.165) is 12.1 Å². The molecule has 0 aliphatic carbocycles. The predicted octanol–water partition coefficient (Wildman–Crippen LogP) is 2.67. The summed E-state index contributed by atoms with van der Waals surface area (Å²) in [7, 11) is 0. The van der Waals surface area contributed by atoms with Gasteiger partial charge in [-0.15, -0.1) is 0 Å². The smallest absolute Gasteiger partial charge is 0.416 e. The zero-order valence-electron chi connectivity index (χ0n) is 7.97. The molecule has 5 heteroatoms. The lowest BCUT2D eigenvalue weighted by atomic mass is 10.2. The first-order chi connectivity index (χ1) is 6.89. The molecule has 0 bridgehead atoms. The molecule has 0 fully saturated rings. The molecule has 0 radical (unpaired) electrons. The van der Waals surface area contributed by atoms with E-state index in [1.807, 2.05) is 0 Å². The largest absolute Gasteiger partial charge is 0.486 e. The van der Waals surface area contributed by atoms with E-state index in [1.165, 1.54) is 19.1 Å². The van der Waals surface area contributed by atoms with Gasteiger partial charge in [-0.1, -0.05) is 0 Å². The van der Waals surface area contributed by atoms with Gasteiger partial charge in [0.2, 0.25) is 0 Å². The highest BCUT2D eigenvalue weighted by Gasteiger charge is 2.29. The number of rotatable bonds is 3. The third-order valence-electron chi connectivity index (χ3n) is 1.62. The minimum Gasteiger partial charge on any atom is -0.486 e. The molecule has 0 aliphatic rings. The molecule has 0 spiro atoms. The molecule has 0 unspecified atom stereocenters. The Morgan fingerprint density at radius 2 is 1.80 bits per heavy atom. The molecule has 1 rings (SSSR count). The number of carbonyl (C=O) groups excluding carboxylic acids is 1. The van der Waals surface area contributed by atoms with Crippen molar-refractivity contribution in [3.63, 3.8) is 0 Å². The molecule has 82 valence electrons. The number of alkyl halides is 3. The van der Waals surface area contributed by atoms with Gasteiger partial charge < -0.3 is 4.74 Å². The first-order valence-electron chi connectivity index (χ1n) is 4.19. The quantitative estimate of drug-likeness (QED) is 0.779. The second-order valence-corrected chi connectivity index (χ2v) is 3.01. The van der Waals surface area contributed by atoms with Crippen molar-refractivity contribution in [2.24, 2.45) is 0 Å². The highest BCUT2D eigenvalue weighted by molar-refractivity contribution is 5.77. The SMILES string of the molecule is CC(=O)COc1ccc(C(F)(F)F)cc1. The third-order valence-corrected chi connectivity index (χ3v) is 1.62. The van der Waals surface area contributed by atoms with Gasteiger partial charge in [-0.2, -0.15) is 13.2 Å². The van der Waals surface area contributed by atoms with Gasteiger partial charge in [0.05, 0.1) is 5.56 Å². The summed E-state index contributed by atoms with van der Waals surface area (Å²) in [6.45, 7) is 1.20. The minimum atomic E-state index is -4.35. The zero-order valence-corrected chi connectivity index (χ0v) is 7.97. The normalized spacial score (nSPS) is 11.2. The van der Waals surface area contributed by atoms with E-state index in [9.17, 15) is 18.0 Å². The second-order valence-electron chi connectivity index (χ2n) is 3.01. The van der Waals surface area contributed by atoms with Crippen LogP contribution in [-0.4, -0.2) is 12.4 Å². The van der Waals surface area contributed by atoms with Crippen molar-refractivity contribution in [3.8, 4) is 5.75 Å². The van der Waals surface area contributed by atoms with Crippen LogP contribution in [0, 0.1) is 0 Å². The van der Waals surface area contributed by atoms with Gasteiger partial charge in [0.1, 0.15) is 12.4 Å². The fourth-order valence-electron chi connectivity index (χ4n) is 0.925. The van der Waals surface area contributed by atoms with Crippen LogP contribution in [0.5, 0.6) is 5.75 Å². The van der Waals surface area contributed by atoms with E-state index in [4.69, 9.17) is 4.74 Å². The molecule has 0 aromatic heterocycles. The first kappa shape index (κ1) is 11.6. The maximum Gasteiger partial charge on any atom is 0.416 e. The molecule has 0 amide bonds. The van der Waals surface area contributed by atoms with E-state index in [0.29, 0.717) is 0 Å². The molecule has 15 heavy (non-hydrogen) atoms. The van der Waals surface area contributed by atoms with Crippen LogP contribution in [0.2, 0.25) is 0 Å². The van der Waals surface area contributed by atoms with Crippen LogP contribution in [0.3, 0.4) is 0 Å². The monoisotopic (exact) mass is 218 g/mol. The van der Waals surface area contributed by atoms with Crippen molar-refractivity contribution in [2.75, 3.05) is 6.61 Å². The highest BCUT2D eigenvalue weighted by atomic mass is 19.4. The van der Waals surface area contributed by atoms with Crippen molar-refractivity contribution in [3.05, 3.63) is 29.8 Å². The van der Waals surface area contributed by atoms with Crippen molar-refractivity contribution in [2.45, 2.75) is 13.1 Å². The van der Waals surface area contributed by atoms with Gasteiger partial charge in [-0.25, -0.2) is 0 Å².